The van der Waals surface area contributed by atoms with Crippen LogP contribution in [0.1, 0.15) is 20.8 Å². The number of amides is 1. The highest BCUT2D eigenvalue weighted by Gasteiger charge is 2.18. The highest BCUT2D eigenvalue weighted by molar-refractivity contribution is 7.98. The van der Waals surface area contributed by atoms with Crippen molar-refractivity contribution in [3.05, 3.63) is 93.8 Å². The molecule has 0 aliphatic rings. The fourth-order valence-corrected chi connectivity index (χ4v) is 5.25. The number of fused-ring (bicyclic) bond motifs is 1. The summed E-state index contributed by atoms with van der Waals surface area (Å²) in [6, 6.07) is 25.1. The van der Waals surface area contributed by atoms with Crippen molar-refractivity contribution in [2.45, 2.75) is 10.6 Å². The molecule has 1 amide bonds. The molecular weight excluding hydrogens is 420 g/mol. The third-order valence-corrected chi connectivity index (χ3v) is 7.17. The molecule has 0 fully saturated rings. The predicted molar refractivity (Wildman–Crippen MR) is 122 cm³/mol. The van der Waals surface area contributed by atoms with Gasteiger partial charge in [-0.3, -0.25) is 4.79 Å². The summed E-state index contributed by atoms with van der Waals surface area (Å²) in [6.07, 6.45) is 0. The summed E-state index contributed by atoms with van der Waals surface area (Å²) in [5, 5.41) is 13.3. The first-order chi connectivity index (χ1) is 14.2. The Balaban J connectivity index is 1.52. The van der Waals surface area contributed by atoms with E-state index in [9.17, 15) is 4.79 Å². The summed E-state index contributed by atoms with van der Waals surface area (Å²) in [6.45, 7) is 0. The molecule has 1 N–H and O–H groups in total. The number of nitrogens with zero attached hydrogens (tertiary/aromatic N) is 1. The number of thiophene rings is 1. The zero-order chi connectivity index (χ0) is 20.2. The third-order valence-electron chi connectivity index (χ3n) is 4.35. The van der Waals surface area contributed by atoms with E-state index in [0.29, 0.717) is 15.5 Å². The molecule has 0 saturated heterocycles. The fraction of sp³-hybridized carbons (Fsp3) is 0.0435. The number of nitrogens with one attached hydrogen (secondary N) is 1. The molecule has 6 heteroatoms. The normalized spacial score (nSPS) is 10.6. The van der Waals surface area contributed by atoms with Gasteiger partial charge in [0.25, 0.3) is 5.91 Å². The van der Waals surface area contributed by atoms with E-state index < -0.39 is 0 Å². The van der Waals surface area contributed by atoms with Crippen molar-refractivity contribution in [3.8, 4) is 6.07 Å². The third kappa shape index (κ3) is 4.30. The number of benzene rings is 3. The average Bonchev–Trinajstić information content (AvgIpc) is 3.10. The molecule has 3 aromatic carbocycles. The first-order valence-electron chi connectivity index (χ1n) is 8.85. The van der Waals surface area contributed by atoms with Gasteiger partial charge in [0.2, 0.25) is 0 Å². The van der Waals surface area contributed by atoms with E-state index in [1.807, 2.05) is 72.8 Å². The van der Waals surface area contributed by atoms with Gasteiger partial charge in [0.15, 0.2) is 0 Å². The maximum atomic E-state index is 12.9. The van der Waals surface area contributed by atoms with E-state index in [0.717, 1.165) is 32.0 Å². The summed E-state index contributed by atoms with van der Waals surface area (Å²) in [5.41, 5.74) is 2.51. The van der Waals surface area contributed by atoms with Gasteiger partial charge in [-0.25, -0.2) is 0 Å². The Morgan fingerprint density at radius 2 is 1.76 bits per heavy atom. The zero-order valence-electron chi connectivity index (χ0n) is 15.2. The summed E-state index contributed by atoms with van der Waals surface area (Å²) in [7, 11) is 0. The van der Waals surface area contributed by atoms with Gasteiger partial charge in [0.1, 0.15) is 4.88 Å². The Labute approximate surface area is 181 Å². The van der Waals surface area contributed by atoms with Crippen molar-refractivity contribution in [3.63, 3.8) is 0 Å². The number of carbonyl (C=O) groups is 1. The molecule has 1 heterocycles. The zero-order valence-corrected chi connectivity index (χ0v) is 17.6. The van der Waals surface area contributed by atoms with Crippen molar-refractivity contribution in [1.82, 2.24) is 0 Å². The lowest BCUT2D eigenvalue weighted by atomic mass is 10.2. The van der Waals surface area contributed by atoms with E-state index in [4.69, 9.17) is 16.9 Å². The first kappa shape index (κ1) is 19.5. The number of hydrogen-bond donors (Lipinski definition) is 1. The second kappa shape index (κ2) is 8.71. The molecule has 0 aliphatic carbocycles. The lowest BCUT2D eigenvalue weighted by molar-refractivity contribution is 0.103. The van der Waals surface area contributed by atoms with Crippen LogP contribution in [0.25, 0.3) is 10.1 Å². The fourth-order valence-electron chi connectivity index (χ4n) is 2.87. The number of thioether (sulfide) groups is 1. The maximum absolute atomic E-state index is 12.9. The van der Waals surface area contributed by atoms with Crippen molar-refractivity contribution in [1.29, 1.82) is 5.26 Å². The summed E-state index contributed by atoms with van der Waals surface area (Å²) in [4.78, 5) is 14.4. The van der Waals surface area contributed by atoms with Crippen molar-refractivity contribution >= 4 is 56.4 Å². The first-order valence-corrected chi connectivity index (χ1v) is 11.0. The van der Waals surface area contributed by atoms with E-state index in [2.05, 4.69) is 11.4 Å². The lowest BCUT2D eigenvalue weighted by Gasteiger charge is -2.10. The van der Waals surface area contributed by atoms with Crippen LogP contribution in [0, 0.1) is 11.3 Å². The second-order valence-electron chi connectivity index (χ2n) is 6.29. The van der Waals surface area contributed by atoms with Gasteiger partial charge >= 0.3 is 0 Å². The largest absolute Gasteiger partial charge is 0.320 e. The molecule has 4 aromatic rings. The van der Waals surface area contributed by atoms with Crippen LogP contribution in [0.3, 0.4) is 0 Å². The van der Waals surface area contributed by atoms with E-state index in [-0.39, 0.29) is 5.91 Å². The van der Waals surface area contributed by atoms with Gasteiger partial charge in [-0.05, 0) is 35.9 Å². The smallest absolute Gasteiger partial charge is 0.267 e. The number of rotatable bonds is 5. The van der Waals surface area contributed by atoms with Gasteiger partial charge in [0.05, 0.1) is 22.3 Å². The summed E-state index contributed by atoms with van der Waals surface area (Å²) in [5.74, 6) is 0.532. The topological polar surface area (TPSA) is 52.9 Å². The number of hydrogen-bond acceptors (Lipinski definition) is 4. The molecule has 0 spiro atoms. The van der Waals surface area contributed by atoms with Gasteiger partial charge in [-0.1, -0.05) is 54.1 Å². The van der Waals surface area contributed by atoms with Crippen molar-refractivity contribution in [2.24, 2.45) is 0 Å². The molecule has 4 rings (SSSR count). The molecule has 142 valence electrons. The second-order valence-corrected chi connectivity index (χ2v) is 8.74. The van der Waals surface area contributed by atoms with E-state index in [1.54, 1.807) is 11.8 Å². The quantitative estimate of drug-likeness (QED) is 0.345. The Morgan fingerprint density at radius 3 is 2.52 bits per heavy atom. The Hall–Kier alpha value is -2.78. The van der Waals surface area contributed by atoms with Gasteiger partial charge in [0, 0.05) is 20.7 Å². The molecule has 0 saturated carbocycles. The van der Waals surface area contributed by atoms with Crippen LogP contribution >= 0.6 is 34.7 Å². The molecule has 1 aromatic heterocycles. The van der Waals surface area contributed by atoms with Crippen LogP contribution in [-0.4, -0.2) is 5.91 Å². The number of nitriles is 1. The minimum atomic E-state index is -0.206. The molecule has 0 radical (unpaired) electrons. The van der Waals surface area contributed by atoms with Crippen LogP contribution in [-0.2, 0) is 5.75 Å². The van der Waals surface area contributed by atoms with Crippen LogP contribution in [0.15, 0.2) is 77.7 Å². The summed E-state index contributed by atoms with van der Waals surface area (Å²) >= 11 is 9.47. The molecule has 29 heavy (non-hydrogen) atoms. The number of para-hydroxylation sites is 1. The molecule has 0 aliphatic heterocycles. The van der Waals surface area contributed by atoms with Gasteiger partial charge in [-0.15, -0.1) is 23.1 Å². The predicted octanol–water partition coefficient (Wildman–Crippen LogP) is 6.97. The van der Waals surface area contributed by atoms with Crippen LogP contribution < -0.4 is 5.32 Å². The highest BCUT2D eigenvalue weighted by Crippen LogP contribution is 2.36. The van der Waals surface area contributed by atoms with E-state index in [1.165, 1.54) is 11.3 Å². The van der Waals surface area contributed by atoms with Crippen LogP contribution in [0.4, 0.5) is 5.69 Å². The Morgan fingerprint density at radius 1 is 1.03 bits per heavy atom. The number of carbonyl (C=O) groups excluding carboxylic acids is 1. The Bertz CT molecular complexity index is 1230. The lowest BCUT2D eigenvalue weighted by Crippen LogP contribution is -2.11. The van der Waals surface area contributed by atoms with Crippen molar-refractivity contribution in [2.75, 3.05) is 5.32 Å². The summed E-state index contributed by atoms with van der Waals surface area (Å²) < 4.78 is 0.992. The molecule has 0 atom stereocenters. The van der Waals surface area contributed by atoms with Crippen molar-refractivity contribution < 1.29 is 4.79 Å². The van der Waals surface area contributed by atoms with Crippen LogP contribution in [0.5, 0.6) is 0 Å². The maximum Gasteiger partial charge on any atom is 0.267 e. The number of anilines is 1. The standard InChI is InChI=1S/C23H15ClN2OS2/c24-21-17-5-1-3-7-19(17)29-22(21)23(27)26-18-6-2-4-8-20(18)28-14-16-11-9-15(13-25)10-12-16/h1-12H,14H2,(H,26,27). The minimum absolute atomic E-state index is 0.206. The minimum Gasteiger partial charge on any atom is -0.320 e. The Kier molecular flexibility index (Phi) is 5.86. The SMILES string of the molecule is N#Cc1ccc(CSc2ccccc2NC(=O)c2sc3ccccc3c2Cl)cc1. The average molecular weight is 435 g/mol. The molecule has 0 bridgehead atoms. The van der Waals surface area contributed by atoms with Gasteiger partial charge < -0.3 is 5.32 Å². The number of halogens is 1. The molecule has 0 unspecified atom stereocenters. The highest BCUT2D eigenvalue weighted by atomic mass is 35.5. The van der Waals surface area contributed by atoms with Crippen LogP contribution in [0.2, 0.25) is 5.02 Å². The monoisotopic (exact) mass is 434 g/mol. The molecule has 3 nitrogen and oxygen atoms in total. The molecular formula is C23H15ClN2OS2. The van der Waals surface area contributed by atoms with Gasteiger partial charge in [-0.2, -0.15) is 5.26 Å². The van der Waals surface area contributed by atoms with E-state index >= 15 is 0 Å².